The molecule has 0 spiro atoms. The summed E-state index contributed by atoms with van der Waals surface area (Å²) in [5.74, 6) is -1.80. The number of phenols is 1. The topological polar surface area (TPSA) is 202 Å². The van der Waals surface area contributed by atoms with Crippen molar-refractivity contribution < 1.29 is 34.4 Å². The number of piperidine rings is 1. The van der Waals surface area contributed by atoms with Crippen molar-refractivity contribution in [3.63, 3.8) is 0 Å². The lowest BCUT2D eigenvalue weighted by atomic mass is 9.83. The molecule has 0 aromatic heterocycles. The molecule has 3 aliphatic rings. The molecule has 0 radical (unpaired) electrons. The maximum atomic E-state index is 14.4. The number of aliphatic hydroxyl groups excluding tert-OH is 2. The molecule has 45 heavy (non-hydrogen) atoms. The lowest BCUT2D eigenvalue weighted by Gasteiger charge is -2.41. The fourth-order valence-corrected chi connectivity index (χ4v) is 7.26. The third kappa shape index (κ3) is 8.18. The number of nitrogens with two attached hydrogens (primary N) is 1. The highest BCUT2D eigenvalue weighted by Gasteiger charge is 2.51. The number of ether oxygens (including phenoxy) is 1. The van der Waals surface area contributed by atoms with Crippen LogP contribution in [0.2, 0.25) is 5.02 Å². The van der Waals surface area contributed by atoms with Gasteiger partial charge in [-0.25, -0.2) is 0 Å². The molecule has 250 valence electrons. The van der Waals surface area contributed by atoms with Crippen LogP contribution in [0.15, 0.2) is 18.2 Å². The normalized spacial score (nSPS) is 27.9. The third-order valence-corrected chi connectivity index (χ3v) is 9.52. The number of carbonyl (C=O) groups excluding carboxylic acids is 3. The van der Waals surface area contributed by atoms with Crippen molar-refractivity contribution in [1.82, 2.24) is 20.4 Å². The molecular weight excluding hydrogens is 604 g/mol. The van der Waals surface area contributed by atoms with Crippen LogP contribution in [-0.2, 0) is 25.5 Å². The van der Waals surface area contributed by atoms with Crippen LogP contribution in [0, 0.1) is 17.2 Å². The van der Waals surface area contributed by atoms with E-state index >= 15 is 0 Å². The molecule has 0 bridgehead atoms. The summed E-state index contributed by atoms with van der Waals surface area (Å²) in [6.07, 6.45) is 0.749. The van der Waals surface area contributed by atoms with E-state index in [1.54, 1.807) is 15.9 Å². The number of nitrogens with one attached hydrogen (secondary N) is 3. The molecule has 0 unspecified atom stereocenters. The summed E-state index contributed by atoms with van der Waals surface area (Å²) < 4.78 is 5.61. The smallest absolute Gasteiger partial charge is 0.249 e. The molecule has 2 saturated heterocycles. The molecule has 1 saturated carbocycles. The predicted molar refractivity (Wildman–Crippen MR) is 167 cm³/mol. The molecule has 1 aliphatic carbocycles. The lowest BCUT2D eigenvalue weighted by molar-refractivity contribution is -0.146. The number of guanidine groups is 1. The van der Waals surface area contributed by atoms with E-state index in [9.17, 15) is 29.7 Å². The minimum absolute atomic E-state index is 0.00261. The Morgan fingerprint density at radius 2 is 1.93 bits per heavy atom. The zero-order valence-corrected chi connectivity index (χ0v) is 26.9. The van der Waals surface area contributed by atoms with E-state index in [1.807, 2.05) is 13.8 Å². The van der Waals surface area contributed by atoms with E-state index in [0.29, 0.717) is 50.6 Å². The van der Waals surface area contributed by atoms with E-state index in [1.165, 1.54) is 19.2 Å². The highest BCUT2D eigenvalue weighted by molar-refractivity contribution is 6.32. The quantitative estimate of drug-likeness (QED) is 0.143. The summed E-state index contributed by atoms with van der Waals surface area (Å²) in [5, 5.41) is 44.8. The van der Waals surface area contributed by atoms with E-state index in [-0.39, 0.29) is 53.4 Å². The maximum Gasteiger partial charge on any atom is 0.249 e. The van der Waals surface area contributed by atoms with Crippen molar-refractivity contribution in [2.75, 3.05) is 13.7 Å². The molecule has 2 heterocycles. The number of aromatic hydroxyl groups is 1. The highest BCUT2D eigenvalue weighted by atomic mass is 35.5. The number of fused-ring (bicyclic) bond motifs is 1. The number of methoxy groups -OCH3 is 1. The summed E-state index contributed by atoms with van der Waals surface area (Å²) in [4.78, 5) is 44.6. The molecule has 1 aromatic rings. The predicted octanol–water partition coefficient (Wildman–Crippen LogP) is 1.06. The minimum Gasteiger partial charge on any atom is -0.506 e. The standard InChI is InChI=1S/C31H47ClN6O7/c1-16(2)11-22(36-28(43)26(41)13-17-6-9-25(40)20(32)12-17)29(44)38-23-15-19(39)8-7-18(23)14-24(38)27(42)35-21-5-4-10-37(31(33)34)30(21)45-3/h6,9,12,16,18-19,21-24,26,30,39-41H,4-5,7-8,10-11,13-15H2,1-3H3,(H3,33,34)(H,35,42)(H,36,43)/t18-,19+,21-,22+,23-,24-,26+,30-/m0/s1. The summed E-state index contributed by atoms with van der Waals surface area (Å²) >= 11 is 5.98. The molecule has 3 amide bonds. The Kier molecular flexibility index (Phi) is 11.6. The zero-order chi connectivity index (χ0) is 33.0. The number of rotatable bonds is 10. The second-order valence-corrected chi connectivity index (χ2v) is 13.4. The van der Waals surface area contributed by atoms with Gasteiger partial charge < -0.3 is 46.2 Å². The van der Waals surface area contributed by atoms with Crippen LogP contribution >= 0.6 is 11.6 Å². The van der Waals surface area contributed by atoms with E-state index < -0.39 is 48.4 Å². The maximum absolute atomic E-state index is 14.4. The van der Waals surface area contributed by atoms with Gasteiger partial charge in [-0.2, -0.15) is 0 Å². The van der Waals surface area contributed by atoms with Gasteiger partial charge in [0.05, 0.1) is 17.2 Å². The highest BCUT2D eigenvalue weighted by Crippen LogP contribution is 2.41. The molecular formula is C31H47ClN6O7. The van der Waals surface area contributed by atoms with Gasteiger partial charge >= 0.3 is 0 Å². The Labute approximate surface area is 268 Å². The Morgan fingerprint density at radius 1 is 1.20 bits per heavy atom. The van der Waals surface area contributed by atoms with Crippen molar-refractivity contribution in [2.45, 2.75) is 108 Å². The molecule has 8 N–H and O–H groups in total. The molecule has 2 aliphatic heterocycles. The number of hydrogen-bond acceptors (Lipinski definition) is 8. The number of halogens is 1. The van der Waals surface area contributed by atoms with Crippen molar-refractivity contribution >= 4 is 35.3 Å². The van der Waals surface area contributed by atoms with E-state index in [4.69, 9.17) is 27.5 Å². The van der Waals surface area contributed by atoms with Gasteiger partial charge in [0.1, 0.15) is 23.9 Å². The minimum atomic E-state index is -1.49. The second-order valence-electron chi connectivity index (χ2n) is 12.9. The second kappa shape index (κ2) is 15.0. The van der Waals surface area contributed by atoms with Crippen molar-refractivity contribution in [3.05, 3.63) is 28.8 Å². The largest absolute Gasteiger partial charge is 0.506 e. The monoisotopic (exact) mass is 650 g/mol. The first kappa shape index (κ1) is 34.7. The Morgan fingerprint density at radius 3 is 2.58 bits per heavy atom. The number of phenolic OH excluding ortho intramolecular Hbond substituents is 1. The number of benzene rings is 1. The first-order valence-electron chi connectivity index (χ1n) is 15.7. The van der Waals surface area contributed by atoms with Crippen molar-refractivity contribution in [1.29, 1.82) is 5.41 Å². The van der Waals surface area contributed by atoms with E-state index in [2.05, 4.69) is 10.6 Å². The Hall–Kier alpha value is -3.13. The lowest BCUT2D eigenvalue weighted by Crippen LogP contribution is -2.62. The molecule has 8 atom stereocenters. The zero-order valence-electron chi connectivity index (χ0n) is 26.1. The van der Waals surface area contributed by atoms with Crippen LogP contribution in [0.1, 0.15) is 64.4 Å². The number of amides is 3. The number of hydrogen-bond donors (Lipinski definition) is 7. The van der Waals surface area contributed by atoms with Gasteiger partial charge in [0, 0.05) is 26.1 Å². The van der Waals surface area contributed by atoms with Crippen LogP contribution in [-0.4, -0.2) is 105 Å². The van der Waals surface area contributed by atoms with Crippen LogP contribution < -0.4 is 16.4 Å². The molecule has 4 rings (SSSR count). The van der Waals surface area contributed by atoms with Gasteiger partial charge in [-0.05, 0) is 74.5 Å². The number of aliphatic hydroxyl groups is 2. The Balaban J connectivity index is 1.55. The average Bonchev–Trinajstić information content (AvgIpc) is 3.36. The van der Waals surface area contributed by atoms with Gasteiger partial charge in [0.15, 0.2) is 12.2 Å². The van der Waals surface area contributed by atoms with Crippen LogP contribution in [0.4, 0.5) is 0 Å². The molecule has 14 heteroatoms. The molecule has 1 aromatic carbocycles. The third-order valence-electron chi connectivity index (χ3n) is 9.21. The molecule has 3 fully saturated rings. The average molecular weight is 651 g/mol. The number of likely N-dealkylation sites (tertiary alicyclic amines) is 2. The van der Waals surface area contributed by atoms with Gasteiger partial charge in [0.2, 0.25) is 17.7 Å². The SMILES string of the molecule is CO[C@H]1[C@@H](NC(=O)[C@@H]2C[C@@H]3CC[C@@H](O)C[C@@H]3N2C(=O)[C@@H](CC(C)C)NC(=O)[C@H](O)Cc2ccc(O)c(Cl)c2)CCCN1C(=N)N. The summed E-state index contributed by atoms with van der Waals surface area (Å²) in [6.45, 7) is 4.35. The molecule has 13 nitrogen and oxygen atoms in total. The first-order chi connectivity index (χ1) is 21.3. The van der Waals surface area contributed by atoms with Crippen LogP contribution in [0.25, 0.3) is 0 Å². The van der Waals surface area contributed by atoms with Gasteiger partial charge in [-0.3, -0.25) is 19.8 Å². The first-order valence-corrected chi connectivity index (χ1v) is 16.1. The van der Waals surface area contributed by atoms with Gasteiger partial charge in [-0.1, -0.05) is 31.5 Å². The van der Waals surface area contributed by atoms with Gasteiger partial charge in [0.25, 0.3) is 0 Å². The fraction of sp³-hybridized carbons (Fsp3) is 0.677. The Bertz CT molecular complexity index is 1250. The van der Waals surface area contributed by atoms with E-state index in [0.717, 1.165) is 0 Å². The van der Waals surface area contributed by atoms with Crippen LogP contribution in [0.5, 0.6) is 5.75 Å². The number of nitrogens with zero attached hydrogens (tertiary/aromatic N) is 2. The van der Waals surface area contributed by atoms with Crippen LogP contribution in [0.3, 0.4) is 0 Å². The summed E-state index contributed by atoms with van der Waals surface area (Å²) in [5.41, 5.74) is 6.29. The van der Waals surface area contributed by atoms with Crippen molar-refractivity contribution in [3.8, 4) is 5.75 Å². The van der Waals surface area contributed by atoms with Crippen molar-refractivity contribution in [2.24, 2.45) is 17.6 Å². The number of carbonyl (C=O) groups is 3. The van der Waals surface area contributed by atoms with Gasteiger partial charge in [-0.15, -0.1) is 0 Å². The summed E-state index contributed by atoms with van der Waals surface area (Å²) in [7, 11) is 1.50. The summed E-state index contributed by atoms with van der Waals surface area (Å²) in [6, 6.07) is 1.69. The fourth-order valence-electron chi connectivity index (χ4n) is 7.06.